The number of methoxy groups -OCH3 is 4. The van der Waals surface area contributed by atoms with E-state index < -0.39 is 0 Å². The van der Waals surface area contributed by atoms with E-state index in [0.29, 0.717) is 33.6 Å². The fourth-order valence-corrected chi connectivity index (χ4v) is 3.21. The van der Waals surface area contributed by atoms with Crippen LogP contribution in [-0.2, 0) is 13.2 Å². The molecule has 4 aromatic rings. The summed E-state index contributed by atoms with van der Waals surface area (Å²) in [6.45, 7) is 0.548. The molecule has 0 amide bonds. The summed E-state index contributed by atoms with van der Waals surface area (Å²) >= 11 is 12.1. The smallest absolute Gasteiger partial charge is 0.323 e. The van der Waals surface area contributed by atoms with Gasteiger partial charge in [0.2, 0.25) is 23.5 Å². The van der Waals surface area contributed by atoms with E-state index in [-0.39, 0.29) is 25.2 Å². The molecule has 2 aromatic carbocycles. The minimum atomic E-state index is 0.177. The first-order valence-corrected chi connectivity index (χ1v) is 11.9. The summed E-state index contributed by atoms with van der Waals surface area (Å²) in [5.74, 6) is 1.50. The summed E-state index contributed by atoms with van der Waals surface area (Å²) in [7, 11) is 6.05. The Morgan fingerprint density at radius 3 is 1.13 bits per heavy atom. The van der Waals surface area contributed by atoms with Crippen molar-refractivity contribution in [3.05, 3.63) is 81.8 Å². The molecule has 200 valence electrons. The predicted octanol–water partition coefficient (Wildman–Crippen LogP) is 5.45. The van der Waals surface area contributed by atoms with Gasteiger partial charge in [0.15, 0.2) is 0 Å². The third-order valence-corrected chi connectivity index (χ3v) is 5.52. The van der Waals surface area contributed by atoms with Crippen LogP contribution in [0.25, 0.3) is 0 Å². The minimum absolute atomic E-state index is 0.177. The van der Waals surface area contributed by atoms with Gasteiger partial charge in [-0.2, -0.15) is 19.9 Å². The van der Waals surface area contributed by atoms with Gasteiger partial charge in [-0.05, 0) is 12.1 Å². The van der Waals surface area contributed by atoms with Gasteiger partial charge < -0.3 is 28.4 Å². The number of aromatic nitrogens is 4. The van der Waals surface area contributed by atoms with Crippen LogP contribution in [0.2, 0.25) is 10.0 Å². The lowest BCUT2D eigenvalue weighted by Gasteiger charge is -2.08. The second-order valence-corrected chi connectivity index (χ2v) is 8.05. The highest BCUT2D eigenvalue weighted by Gasteiger charge is 2.09. The lowest BCUT2D eigenvalue weighted by atomic mass is 10.2. The average molecular weight is 561 g/mol. The van der Waals surface area contributed by atoms with E-state index in [0.717, 1.165) is 11.1 Å². The van der Waals surface area contributed by atoms with Crippen molar-refractivity contribution in [3.63, 3.8) is 0 Å². The molecule has 0 saturated heterocycles. The molecular formula is C26H26Cl2N4O6. The number of rotatable bonds is 10. The van der Waals surface area contributed by atoms with E-state index >= 15 is 0 Å². The van der Waals surface area contributed by atoms with Crippen molar-refractivity contribution >= 4 is 23.2 Å². The van der Waals surface area contributed by atoms with Crippen molar-refractivity contribution in [1.29, 1.82) is 0 Å². The van der Waals surface area contributed by atoms with Crippen molar-refractivity contribution < 1.29 is 28.4 Å². The Hall–Kier alpha value is -4.02. The third kappa shape index (κ3) is 8.53. The zero-order valence-corrected chi connectivity index (χ0v) is 22.7. The quantitative estimate of drug-likeness (QED) is 0.248. The van der Waals surface area contributed by atoms with Crippen LogP contribution in [0.4, 0.5) is 0 Å². The van der Waals surface area contributed by atoms with Crippen molar-refractivity contribution in [2.75, 3.05) is 28.4 Å². The first-order valence-electron chi connectivity index (χ1n) is 11.1. The van der Waals surface area contributed by atoms with E-state index in [1.54, 1.807) is 24.3 Å². The fourth-order valence-electron chi connectivity index (χ4n) is 2.83. The number of nitrogens with zero attached hydrogens (tertiary/aromatic N) is 4. The molecule has 0 aliphatic carbocycles. The molecule has 0 bridgehead atoms. The highest BCUT2D eigenvalue weighted by atomic mass is 35.5. The van der Waals surface area contributed by atoms with E-state index in [2.05, 4.69) is 19.9 Å². The molecule has 0 aliphatic rings. The van der Waals surface area contributed by atoms with Gasteiger partial charge in [-0.15, -0.1) is 0 Å². The van der Waals surface area contributed by atoms with Crippen LogP contribution >= 0.6 is 23.2 Å². The molecule has 38 heavy (non-hydrogen) atoms. The molecule has 2 heterocycles. The monoisotopic (exact) mass is 560 g/mol. The second kappa shape index (κ2) is 14.7. The summed E-state index contributed by atoms with van der Waals surface area (Å²) in [4.78, 5) is 16.3. The fraction of sp³-hybridized carbons (Fsp3) is 0.231. The van der Waals surface area contributed by atoms with Gasteiger partial charge in [0.1, 0.15) is 13.2 Å². The van der Waals surface area contributed by atoms with Crippen molar-refractivity contribution in [2.24, 2.45) is 0 Å². The number of benzene rings is 2. The van der Waals surface area contributed by atoms with Gasteiger partial charge in [0.05, 0.1) is 40.6 Å². The van der Waals surface area contributed by atoms with Crippen molar-refractivity contribution in [1.82, 2.24) is 19.9 Å². The van der Waals surface area contributed by atoms with Gasteiger partial charge in [-0.25, -0.2) is 0 Å². The van der Waals surface area contributed by atoms with E-state index in [4.69, 9.17) is 51.6 Å². The Kier molecular flexibility index (Phi) is 11.0. The lowest BCUT2D eigenvalue weighted by Crippen LogP contribution is -2.02. The van der Waals surface area contributed by atoms with Crippen LogP contribution < -0.4 is 28.4 Å². The Balaban J connectivity index is 0.000000211. The lowest BCUT2D eigenvalue weighted by molar-refractivity contribution is 0.265. The largest absolute Gasteiger partial charge is 0.481 e. The number of hydrogen-bond donors (Lipinski definition) is 0. The Bertz CT molecular complexity index is 1180. The van der Waals surface area contributed by atoms with Gasteiger partial charge >= 0.3 is 12.0 Å². The zero-order chi connectivity index (χ0) is 27.3. The summed E-state index contributed by atoms with van der Waals surface area (Å²) < 4.78 is 31.1. The van der Waals surface area contributed by atoms with Crippen LogP contribution in [0.3, 0.4) is 0 Å². The topological polar surface area (TPSA) is 107 Å². The first kappa shape index (κ1) is 28.5. The van der Waals surface area contributed by atoms with Crippen LogP contribution in [0.5, 0.6) is 35.5 Å². The van der Waals surface area contributed by atoms with Gasteiger partial charge in [0.25, 0.3) is 0 Å². The molecule has 0 radical (unpaired) electrons. The maximum Gasteiger partial charge on any atom is 0.323 e. The predicted molar refractivity (Wildman–Crippen MR) is 142 cm³/mol. The van der Waals surface area contributed by atoms with Crippen molar-refractivity contribution in [3.8, 4) is 35.5 Å². The van der Waals surface area contributed by atoms with E-state index in [1.807, 2.05) is 36.4 Å². The Morgan fingerprint density at radius 1 is 0.526 bits per heavy atom. The maximum atomic E-state index is 6.04. The molecule has 0 aliphatic heterocycles. The molecule has 12 heteroatoms. The molecule has 10 nitrogen and oxygen atoms in total. The summed E-state index contributed by atoms with van der Waals surface area (Å²) in [6, 6.07) is 18.3. The van der Waals surface area contributed by atoms with Gasteiger partial charge in [-0.3, -0.25) is 0 Å². The molecule has 4 rings (SSSR count). The SMILES string of the molecule is COc1cc(OC)nc(OCc2ccccc2Cl)n1.COc1cc(OC)nc(OCc2ccccc2Cl)n1. The Labute approximate surface area is 230 Å². The van der Waals surface area contributed by atoms with Crippen LogP contribution in [0.15, 0.2) is 60.7 Å². The number of ether oxygens (including phenoxy) is 6. The number of halogens is 2. The molecule has 0 unspecified atom stereocenters. The highest BCUT2D eigenvalue weighted by molar-refractivity contribution is 6.31. The van der Waals surface area contributed by atoms with Crippen LogP contribution in [0, 0.1) is 0 Å². The molecule has 0 fully saturated rings. The maximum absolute atomic E-state index is 6.04. The third-order valence-electron chi connectivity index (χ3n) is 4.78. The zero-order valence-electron chi connectivity index (χ0n) is 21.2. The highest BCUT2D eigenvalue weighted by Crippen LogP contribution is 2.22. The normalized spacial score (nSPS) is 10.1. The summed E-state index contributed by atoms with van der Waals surface area (Å²) in [6.07, 6.45) is 0. The standard InChI is InChI=1S/2C13H13ClN2O3/c2*1-17-11-7-12(18-2)16-13(15-11)19-8-9-5-3-4-6-10(9)14/h2*3-7H,8H2,1-2H3. The second-order valence-electron chi connectivity index (χ2n) is 7.23. The van der Waals surface area contributed by atoms with Gasteiger partial charge in [-0.1, -0.05) is 59.6 Å². The summed E-state index contributed by atoms with van der Waals surface area (Å²) in [5.41, 5.74) is 1.71. The minimum Gasteiger partial charge on any atom is -0.481 e. The number of hydrogen-bond acceptors (Lipinski definition) is 10. The van der Waals surface area contributed by atoms with Crippen molar-refractivity contribution in [2.45, 2.75) is 13.2 Å². The molecule has 2 aromatic heterocycles. The van der Waals surface area contributed by atoms with Gasteiger partial charge in [0, 0.05) is 21.2 Å². The molecule has 0 N–H and O–H groups in total. The van der Waals surface area contributed by atoms with E-state index in [9.17, 15) is 0 Å². The summed E-state index contributed by atoms with van der Waals surface area (Å²) in [5, 5.41) is 1.27. The van der Waals surface area contributed by atoms with E-state index in [1.165, 1.54) is 28.4 Å². The molecular weight excluding hydrogens is 535 g/mol. The molecule has 0 atom stereocenters. The first-order chi connectivity index (χ1) is 18.4. The average Bonchev–Trinajstić information content (AvgIpc) is 2.96. The van der Waals surface area contributed by atoms with Crippen LogP contribution in [0.1, 0.15) is 11.1 Å². The molecule has 0 spiro atoms. The van der Waals surface area contributed by atoms with Crippen LogP contribution in [-0.4, -0.2) is 48.4 Å². The Morgan fingerprint density at radius 2 is 0.842 bits per heavy atom. The molecule has 0 saturated carbocycles.